The van der Waals surface area contributed by atoms with Crippen LogP contribution in [0.3, 0.4) is 0 Å². The van der Waals surface area contributed by atoms with Crippen molar-refractivity contribution < 1.29 is 29.1 Å². The number of ether oxygens (including phenoxy) is 2. The number of nitrogens with zero attached hydrogens (tertiary/aromatic N) is 1. The quantitative estimate of drug-likeness (QED) is 0.216. The minimum absolute atomic E-state index is 0.0463. The molecular weight excluding hydrogens is 460 g/mol. The second-order valence-corrected chi connectivity index (χ2v) is 8.76. The zero-order chi connectivity index (χ0) is 24.4. The first-order chi connectivity index (χ1) is 16.4. The first kappa shape index (κ1) is 23.5. The highest BCUT2D eigenvalue weighted by molar-refractivity contribution is 7.99. The molecule has 0 spiro atoms. The van der Waals surface area contributed by atoms with Gasteiger partial charge in [0.2, 0.25) is 0 Å². The van der Waals surface area contributed by atoms with E-state index in [1.54, 1.807) is 6.07 Å². The maximum absolute atomic E-state index is 12.9. The van der Waals surface area contributed by atoms with Crippen LogP contribution in [0.15, 0.2) is 46.2 Å². The monoisotopic (exact) mass is 482 g/mol. The van der Waals surface area contributed by atoms with Crippen LogP contribution in [0.5, 0.6) is 5.75 Å². The highest BCUT2D eigenvalue weighted by Crippen LogP contribution is 2.49. The number of hydrogen-bond acceptors (Lipinski definition) is 7. The molecule has 0 unspecified atom stereocenters. The Balaban J connectivity index is 1.99. The third-order valence-corrected chi connectivity index (χ3v) is 6.86. The first-order valence-electron chi connectivity index (χ1n) is 10.5. The van der Waals surface area contributed by atoms with Gasteiger partial charge < -0.3 is 19.9 Å². The summed E-state index contributed by atoms with van der Waals surface area (Å²) in [6.45, 7) is 0.634. The molecule has 1 aliphatic rings. The fraction of sp³-hybridized carbons (Fsp3) is 0.250. The van der Waals surface area contributed by atoms with Gasteiger partial charge in [0.25, 0.3) is 11.6 Å². The summed E-state index contributed by atoms with van der Waals surface area (Å²) in [5.74, 6) is -1.92. The van der Waals surface area contributed by atoms with Crippen molar-refractivity contribution in [3.63, 3.8) is 0 Å². The molecule has 34 heavy (non-hydrogen) atoms. The Hall–Kier alpha value is -3.63. The number of nitrogens with one attached hydrogen (secondary N) is 1. The largest absolute Gasteiger partial charge is 0.496 e. The Bertz CT molecular complexity index is 1320. The second-order valence-electron chi connectivity index (χ2n) is 7.67. The van der Waals surface area contributed by atoms with E-state index in [0.29, 0.717) is 25.0 Å². The smallest absolute Gasteiger partial charge is 0.337 e. The van der Waals surface area contributed by atoms with Crippen molar-refractivity contribution >= 4 is 40.1 Å². The molecule has 0 aliphatic carbocycles. The molecule has 1 aliphatic heterocycles. The molecule has 1 heterocycles. The molecule has 0 saturated carbocycles. The van der Waals surface area contributed by atoms with Crippen molar-refractivity contribution in [1.29, 1.82) is 0 Å². The van der Waals surface area contributed by atoms with E-state index < -0.39 is 16.8 Å². The summed E-state index contributed by atoms with van der Waals surface area (Å²) in [6, 6.07) is 10.5. The van der Waals surface area contributed by atoms with Crippen molar-refractivity contribution in [2.24, 2.45) is 0 Å². The molecule has 3 aromatic carbocycles. The average Bonchev–Trinajstić information content (AvgIpc) is 2.83. The molecule has 0 saturated heterocycles. The number of nitro groups is 1. The van der Waals surface area contributed by atoms with Gasteiger partial charge >= 0.3 is 5.97 Å². The number of carboxylic acid groups (broad SMARTS) is 1. The van der Waals surface area contributed by atoms with Crippen LogP contribution in [0.25, 0.3) is 10.8 Å². The number of carbonyl (C=O) groups is 2. The molecule has 9 nitrogen and oxygen atoms in total. The lowest BCUT2D eigenvalue weighted by atomic mass is 9.90. The van der Waals surface area contributed by atoms with Crippen LogP contribution < -0.4 is 10.1 Å². The molecule has 0 bridgehead atoms. The van der Waals surface area contributed by atoms with E-state index in [2.05, 4.69) is 5.32 Å². The summed E-state index contributed by atoms with van der Waals surface area (Å²) < 4.78 is 10.5. The van der Waals surface area contributed by atoms with Crippen LogP contribution in [0.4, 0.5) is 5.69 Å². The lowest BCUT2D eigenvalue weighted by Crippen LogP contribution is -2.27. The average molecular weight is 483 g/mol. The second kappa shape index (κ2) is 9.70. The van der Waals surface area contributed by atoms with Gasteiger partial charge in [-0.1, -0.05) is 30.0 Å². The summed E-state index contributed by atoms with van der Waals surface area (Å²) in [7, 11) is 2.90. The SMILES string of the molecule is COCCCNC(=O)c1cc([N+](=O)[O-])c2c3c(cc(OC)c2c1C(=O)O)Sc1ccccc1C3. The van der Waals surface area contributed by atoms with Crippen LogP contribution in [-0.4, -0.2) is 49.3 Å². The molecule has 10 heteroatoms. The lowest BCUT2D eigenvalue weighted by molar-refractivity contribution is -0.383. The highest BCUT2D eigenvalue weighted by Gasteiger charge is 2.32. The Morgan fingerprint density at radius 1 is 1.18 bits per heavy atom. The first-order valence-corrected chi connectivity index (χ1v) is 11.3. The number of rotatable bonds is 8. The molecule has 0 fully saturated rings. The van der Waals surface area contributed by atoms with Gasteiger partial charge in [-0.15, -0.1) is 0 Å². The van der Waals surface area contributed by atoms with Crippen LogP contribution >= 0.6 is 11.8 Å². The molecule has 4 rings (SSSR count). The summed E-state index contributed by atoms with van der Waals surface area (Å²) in [4.78, 5) is 38.7. The van der Waals surface area contributed by atoms with Crippen molar-refractivity contribution in [1.82, 2.24) is 5.32 Å². The Morgan fingerprint density at radius 2 is 1.94 bits per heavy atom. The normalized spacial score (nSPS) is 12.1. The summed E-state index contributed by atoms with van der Waals surface area (Å²) in [6.07, 6.45) is 0.898. The number of carboxylic acids is 1. The van der Waals surface area contributed by atoms with Crippen LogP contribution in [0.1, 0.15) is 38.3 Å². The molecule has 1 amide bonds. The third-order valence-electron chi connectivity index (χ3n) is 5.66. The van der Waals surface area contributed by atoms with E-state index in [1.165, 1.54) is 26.0 Å². The number of methoxy groups -OCH3 is 2. The maximum atomic E-state index is 12.9. The summed E-state index contributed by atoms with van der Waals surface area (Å²) in [5.41, 5.74) is 0.676. The minimum atomic E-state index is -1.37. The predicted molar refractivity (Wildman–Crippen MR) is 126 cm³/mol. The summed E-state index contributed by atoms with van der Waals surface area (Å²) in [5, 5.41) is 25.1. The van der Waals surface area contributed by atoms with Gasteiger partial charge in [-0.2, -0.15) is 0 Å². The number of amides is 1. The number of benzene rings is 3. The zero-order valence-corrected chi connectivity index (χ0v) is 19.4. The van der Waals surface area contributed by atoms with Crippen LogP contribution in [0.2, 0.25) is 0 Å². The van der Waals surface area contributed by atoms with Gasteiger partial charge in [0.1, 0.15) is 5.75 Å². The lowest BCUT2D eigenvalue weighted by Gasteiger charge is -2.23. The van der Waals surface area contributed by atoms with E-state index in [1.807, 2.05) is 24.3 Å². The minimum Gasteiger partial charge on any atom is -0.496 e. The zero-order valence-electron chi connectivity index (χ0n) is 18.5. The molecule has 0 aromatic heterocycles. The molecular formula is C24H22N2O7S. The number of hydrogen-bond donors (Lipinski definition) is 2. The van der Waals surface area contributed by atoms with Crippen molar-refractivity contribution in [2.75, 3.05) is 27.4 Å². The Kier molecular flexibility index (Phi) is 6.71. The number of non-ortho nitro benzene ring substituents is 1. The van der Waals surface area contributed by atoms with E-state index in [9.17, 15) is 24.8 Å². The van der Waals surface area contributed by atoms with E-state index in [4.69, 9.17) is 9.47 Å². The third kappa shape index (κ3) is 4.17. The molecule has 0 radical (unpaired) electrons. The number of carbonyl (C=O) groups excluding carboxylic acids is 1. The van der Waals surface area contributed by atoms with Crippen molar-refractivity contribution in [3.05, 3.63) is 68.8 Å². The molecule has 176 valence electrons. The van der Waals surface area contributed by atoms with Crippen LogP contribution in [-0.2, 0) is 11.2 Å². The Labute approximate surface area is 199 Å². The van der Waals surface area contributed by atoms with Gasteiger partial charge in [-0.05, 0) is 29.7 Å². The van der Waals surface area contributed by atoms with Gasteiger partial charge in [0.15, 0.2) is 0 Å². The molecule has 2 N–H and O–H groups in total. The summed E-state index contributed by atoms with van der Waals surface area (Å²) >= 11 is 1.45. The molecule has 3 aromatic rings. The van der Waals surface area contributed by atoms with E-state index in [0.717, 1.165) is 21.4 Å². The van der Waals surface area contributed by atoms with Gasteiger partial charge in [-0.3, -0.25) is 14.9 Å². The maximum Gasteiger partial charge on any atom is 0.337 e. The van der Waals surface area contributed by atoms with Gasteiger partial charge in [0.05, 0.1) is 28.5 Å². The Morgan fingerprint density at radius 3 is 2.62 bits per heavy atom. The van der Waals surface area contributed by atoms with E-state index >= 15 is 0 Å². The van der Waals surface area contributed by atoms with Crippen molar-refractivity contribution in [3.8, 4) is 5.75 Å². The standard InChI is InChI=1S/C24H22N2O7S/c1-32-9-5-8-25-23(27)15-11-16(26(30)31)20-14-10-13-6-3-4-7-18(13)34-19(14)12-17(33-2)22(20)21(15)24(28)29/h3-4,6-7,11-12H,5,8-10H2,1-2H3,(H,25,27)(H,28,29). The fourth-order valence-electron chi connectivity index (χ4n) is 4.17. The number of aromatic carboxylic acids is 1. The number of nitro benzene ring substituents is 1. The fourth-order valence-corrected chi connectivity index (χ4v) is 5.29. The van der Waals surface area contributed by atoms with Gasteiger partial charge in [0, 0.05) is 47.9 Å². The van der Waals surface area contributed by atoms with Crippen LogP contribution in [0, 0.1) is 10.1 Å². The highest BCUT2D eigenvalue weighted by atomic mass is 32.2. The van der Waals surface area contributed by atoms with E-state index in [-0.39, 0.29) is 39.9 Å². The predicted octanol–water partition coefficient (Wildman–Crippen LogP) is 4.28. The molecule has 0 atom stereocenters. The topological polar surface area (TPSA) is 128 Å². The number of fused-ring (bicyclic) bond motifs is 4. The van der Waals surface area contributed by atoms with Crippen molar-refractivity contribution in [2.45, 2.75) is 22.6 Å². The van der Waals surface area contributed by atoms with Gasteiger partial charge in [-0.25, -0.2) is 4.79 Å².